The molecule has 0 fully saturated rings. The third-order valence-corrected chi connectivity index (χ3v) is 6.49. The first-order valence-corrected chi connectivity index (χ1v) is 12.7. The number of nitrogens with zero attached hydrogens (tertiary/aromatic N) is 5. The van der Waals surface area contributed by atoms with Gasteiger partial charge in [-0.2, -0.15) is 0 Å². The number of amides is 2. The minimum Gasteiger partial charge on any atom is -0.497 e. The van der Waals surface area contributed by atoms with Crippen molar-refractivity contribution in [3.63, 3.8) is 0 Å². The Morgan fingerprint density at radius 2 is 1.85 bits per heavy atom. The zero-order valence-corrected chi connectivity index (χ0v) is 22.4. The molecule has 0 aliphatic heterocycles. The van der Waals surface area contributed by atoms with Crippen LogP contribution in [0, 0.1) is 5.82 Å². The molecule has 2 amide bonds. The van der Waals surface area contributed by atoms with Gasteiger partial charge in [0.1, 0.15) is 35.4 Å². The van der Waals surface area contributed by atoms with Crippen molar-refractivity contribution in [3.8, 4) is 11.5 Å². The van der Waals surface area contributed by atoms with Gasteiger partial charge < -0.3 is 19.7 Å². The third-order valence-electron chi connectivity index (χ3n) is 6.49. The van der Waals surface area contributed by atoms with Crippen molar-refractivity contribution in [3.05, 3.63) is 108 Å². The highest BCUT2D eigenvalue weighted by Gasteiger charge is 2.33. The molecule has 0 unspecified atom stereocenters. The smallest absolute Gasteiger partial charge is 0.251 e. The van der Waals surface area contributed by atoms with Gasteiger partial charge in [-0.3, -0.25) is 14.6 Å². The Hall–Kier alpha value is -5.32. The molecule has 2 aromatic heterocycles. The Bertz CT molecular complexity index is 1680. The Morgan fingerprint density at radius 1 is 1.00 bits per heavy atom. The maximum Gasteiger partial charge on any atom is 0.251 e. The summed E-state index contributed by atoms with van der Waals surface area (Å²) in [7, 11) is 2.99. The number of anilines is 1. The SMILES string of the molecule is COc1ccc(NC(=O)[C@H](c2cccc(F)c2)N(Cc2cccnc2)C(=O)Cn2nnc3ccccc32)c(OC)c1. The lowest BCUT2D eigenvalue weighted by atomic mass is 10.0. The van der Waals surface area contributed by atoms with Gasteiger partial charge >= 0.3 is 0 Å². The second kappa shape index (κ2) is 12.2. The number of benzene rings is 3. The summed E-state index contributed by atoms with van der Waals surface area (Å²) in [6.07, 6.45) is 3.22. The lowest BCUT2D eigenvalue weighted by Crippen LogP contribution is -2.42. The van der Waals surface area contributed by atoms with Crippen LogP contribution in [0.1, 0.15) is 17.2 Å². The molecule has 2 heterocycles. The van der Waals surface area contributed by atoms with Crippen molar-refractivity contribution in [2.75, 3.05) is 19.5 Å². The number of carbonyl (C=O) groups is 2. The van der Waals surface area contributed by atoms with Crippen LogP contribution in [-0.4, -0.2) is 50.9 Å². The summed E-state index contributed by atoms with van der Waals surface area (Å²) in [5.41, 5.74) is 2.62. The van der Waals surface area contributed by atoms with Crippen molar-refractivity contribution in [1.82, 2.24) is 24.9 Å². The first-order valence-electron chi connectivity index (χ1n) is 12.7. The number of para-hydroxylation sites is 1. The normalized spacial score (nSPS) is 11.6. The number of ether oxygens (including phenoxy) is 2. The van der Waals surface area contributed by atoms with Gasteiger partial charge in [0.05, 0.1) is 25.4 Å². The third kappa shape index (κ3) is 6.14. The molecule has 0 aliphatic carbocycles. The summed E-state index contributed by atoms with van der Waals surface area (Å²) in [6, 6.07) is 20.1. The van der Waals surface area contributed by atoms with Gasteiger partial charge in [-0.05, 0) is 53.6 Å². The number of pyridine rings is 1. The van der Waals surface area contributed by atoms with Crippen LogP contribution in [0.15, 0.2) is 91.3 Å². The quantitative estimate of drug-likeness (QED) is 0.273. The summed E-state index contributed by atoms with van der Waals surface area (Å²) in [5, 5.41) is 11.1. The lowest BCUT2D eigenvalue weighted by Gasteiger charge is -2.31. The van der Waals surface area contributed by atoms with Gasteiger partial charge in [-0.1, -0.05) is 35.5 Å². The number of rotatable bonds is 10. The van der Waals surface area contributed by atoms with Crippen molar-refractivity contribution >= 4 is 28.5 Å². The number of carbonyl (C=O) groups excluding carboxylic acids is 2. The van der Waals surface area contributed by atoms with E-state index in [1.165, 1.54) is 42.0 Å². The van der Waals surface area contributed by atoms with Crippen LogP contribution in [0.25, 0.3) is 11.0 Å². The molecule has 10 nitrogen and oxygen atoms in total. The molecular formula is C30H27FN6O4. The van der Waals surface area contributed by atoms with E-state index in [0.717, 1.165) is 0 Å². The number of aromatic nitrogens is 4. The predicted molar refractivity (Wildman–Crippen MR) is 150 cm³/mol. The minimum atomic E-state index is -1.22. The number of fused-ring (bicyclic) bond motifs is 1. The molecular weight excluding hydrogens is 527 g/mol. The molecule has 3 aromatic carbocycles. The van der Waals surface area contributed by atoms with Gasteiger partial charge in [-0.25, -0.2) is 9.07 Å². The Kier molecular flexibility index (Phi) is 8.14. The van der Waals surface area contributed by atoms with E-state index in [9.17, 15) is 14.0 Å². The van der Waals surface area contributed by atoms with Crippen LogP contribution in [-0.2, 0) is 22.7 Å². The molecule has 1 atom stereocenters. The maximum absolute atomic E-state index is 14.5. The van der Waals surface area contributed by atoms with Crippen LogP contribution in [0.3, 0.4) is 0 Å². The average Bonchev–Trinajstić information content (AvgIpc) is 3.40. The minimum absolute atomic E-state index is 0.0215. The Balaban J connectivity index is 1.56. The first kappa shape index (κ1) is 27.3. The number of hydrogen-bond donors (Lipinski definition) is 1. The molecule has 11 heteroatoms. The number of halogens is 1. The van der Waals surface area contributed by atoms with Gasteiger partial charge in [0.15, 0.2) is 0 Å². The van der Waals surface area contributed by atoms with Crippen LogP contribution < -0.4 is 14.8 Å². The van der Waals surface area contributed by atoms with E-state index in [-0.39, 0.29) is 18.7 Å². The molecule has 0 radical (unpaired) electrons. The molecule has 41 heavy (non-hydrogen) atoms. The fourth-order valence-electron chi connectivity index (χ4n) is 4.52. The summed E-state index contributed by atoms with van der Waals surface area (Å²) in [4.78, 5) is 33.6. The topological polar surface area (TPSA) is 111 Å². The highest BCUT2D eigenvalue weighted by Crippen LogP contribution is 2.32. The Labute approximate surface area is 235 Å². The van der Waals surface area contributed by atoms with Crippen molar-refractivity contribution in [2.24, 2.45) is 0 Å². The van der Waals surface area contributed by atoms with Crippen LogP contribution in [0.5, 0.6) is 11.5 Å². The van der Waals surface area contributed by atoms with Crippen LogP contribution in [0.4, 0.5) is 10.1 Å². The zero-order valence-electron chi connectivity index (χ0n) is 22.4. The van der Waals surface area contributed by atoms with Crippen LogP contribution >= 0.6 is 0 Å². The number of methoxy groups -OCH3 is 2. The molecule has 1 N–H and O–H groups in total. The second-order valence-electron chi connectivity index (χ2n) is 9.13. The molecule has 5 aromatic rings. The van der Waals surface area contributed by atoms with Crippen molar-refractivity contribution in [2.45, 2.75) is 19.1 Å². The van der Waals surface area contributed by atoms with Gasteiger partial charge in [-0.15, -0.1) is 5.10 Å². The van der Waals surface area contributed by atoms with E-state index in [1.807, 2.05) is 12.1 Å². The molecule has 5 rings (SSSR count). The van der Waals surface area contributed by atoms with Gasteiger partial charge in [0, 0.05) is 25.0 Å². The first-order chi connectivity index (χ1) is 20.0. The molecule has 0 spiro atoms. The highest BCUT2D eigenvalue weighted by molar-refractivity contribution is 5.99. The number of hydrogen-bond acceptors (Lipinski definition) is 7. The van der Waals surface area contributed by atoms with Crippen LogP contribution in [0.2, 0.25) is 0 Å². The monoisotopic (exact) mass is 554 g/mol. The molecule has 0 aliphatic rings. The highest BCUT2D eigenvalue weighted by atomic mass is 19.1. The maximum atomic E-state index is 14.5. The predicted octanol–water partition coefficient (Wildman–Crippen LogP) is 4.39. The van der Waals surface area contributed by atoms with Crippen molar-refractivity contribution < 1.29 is 23.5 Å². The summed E-state index contributed by atoms with van der Waals surface area (Å²) in [5.74, 6) is -0.654. The average molecular weight is 555 g/mol. The molecule has 0 saturated carbocycles. The zero-order chi connectivity index (χ0) is 28.8. The number of nitrogens with one attached hydrogen (secondary N) is 1. The van der Waals surface area contributed by atoms with E-state index in [1.54, 1.807) is 60.9 Å². The molecule has 208 valence electrons. The summed E-state index contributed by atoms with van der Waals surface area (Å²) < 4.78 is 26.7. The van der Waals surface area contributed by atoms with Gasteiger partial charge in [0.2, 0.25) is 5.91 Å². The van der Waals surface area contributed by atoms with E-state index in [4.69, 9.17) is 9.47 Å². The fourth-order valence-corrected chi connectivity index (χ4v) is 4.52. The van der Waals surface area contributed by atoms with Gasteiger partial charge in [0.25, 0.3) is 5.91 Å². The van der Waals surface area contributed by atoms with E-state index >= 15 is 0 Å². The van der Waals surface area contributed by atoms with E-state index < -0.39 is 23.7 Å². The van der Waals surface area contributed by atoms with E-state index in [2.05, 4.69) is 20.6 Å². The molecule has 0 saturated heterocycles. The molecule has 0 bridgehead atoms. The Morgan fingerprint density at radius 3 is 2.61 bits per heavy atom. The second-order valence-corrected chi connectivity index (χ2v) is 9.13. The lowest BCUT2D eigenvalue weighted by molar-refractivity contribution is -0.140. The standard InChI is InChI=1S/C30H27FN6O4/c1-40-23-12-13-25(27(16-23)41-2)33-30(39)29(21-8-5-9-22(31)15-21)36(18-20-7-6-14-32-17-20)28(38)19-37-26-11-4-3-10-24(26)34-35-37/h3-17,29H,18-19H2,1-2H3,(H,33,39)/t29-/m0/s1. The van der Waals surface area contributed by atoms with Crippen molar-refractivity contribution in [1.29, 1.82) is 0 Å². The fraction of sp³-hybridized carbons (Fsp3) is 0.167. The largest absolute Gasteiger partial charge is 0.497 e. The summed E-state index contributed by atoms with van der Waals surface area (Å²) in [6.45, 7) is -0.181. The summed E-state index contributed by atoms with van der Waals surface area (Å²) >= 11 is 0. The van der Waals surface area contributed by atoms with E-state index in [0.29, 0.717) is 33.8 Å².